The van der Waals surface area contributed by atoms with Gasteiger partial charge >= 0.3 is 0 Å². The van der Waals surface area contributed by atoms with Crippen LogP contribution >= 0.6 is 0 Å². The Labute approximate surface area is 148 Å². The van der Waals surface area contributed by atoms with E-state index < -0.39 is 0 Å². The van der Waals surface area contributed by atoms with E-state index in [9.17, 15) is 0 Å². The van der Waals surface area contributed by atoms with E-state index in [2.05, 4.69) is 52.2 Å². The first-order chi connectivity index (χ1) is 12.4. The summed E-state index contributed by atoms with van der Waals surface area (Å²) in [6.07, 6.45) is 7.13. The van der Waals surface area contributed by atoms with Crippen molar-refractivity contribution in [3.63, 3.8) is 0 Å². The molecule has 25 heavy (non-hydrogen) atoms. The van der Waals surface area contributed by atoms with E-state index in [0.29, 0.717) is 0 Å². The minimum Gasteiger partial charge on any atom is -0.370 e. The van der Waals surface area contributed by atoms with Gasteiger partial charge in [-0.1, -0.05) is 31.2 Å². The maximum absolute atomic E-state index is 5.02. The maximum atomic E-state index is 5.02. The zero-order valence-electron chi connectivity index (χ0n) is 14.7. The predicted molar refractivity (Wildman–Crippen MR) is 101 cm³/mol. The first kappa shape index (κ1) is 15.9. The third kappa shape index (κ3) is 3.16. The number of fused-ring (bicyclic) bond motifs is 1. The van der Waals surface area contributed by atoms with Gasteiger partial charge in [0.05, 0.1) is 11.4 Å². The summed E-state index contributed by atoms with van der Waals surface area (Å²) in [7, 11) is 0. The minimum absolute atomic E-state index is 0.784. The number of aryl methyl sites for hydroxylation is 1. The number of aromatic nitrogens is 3. The van der Waals surface area contributed by atoms with E-state index in [4.69, 9.17) is 5.10 Å². The van der Waals surface area contributed by atoms with Crippen LogP contribution in [-0.4, -0.2) is 21.3 Å². The molecule has 1 N–H and O–H groups in total. The SMILES string of the molecule is CCc1ccccc1-n1nc(Cc2ccccn2)c2c1NCCCC2. The molecular weight excluding hydrogens is 308 g/mol. The summed E-state index contributed by atoms with van der Waals surface area (Å²) >= 11 is 0. The Morgan fingerprint density at radius 2 is 1.96 bits per heavy atom. The molecule has 4 heteroatoms. The molecule has 1 aliphatic heterocycles. The smallest absolute Gasteiger partial charge is 0.133 e. The van der Waals surface area contributed by atoms with Crippen molar-refractivity contribution in [2.24, 2.45) is 0 Å². The molecule has 3 aromatic rings. The van der Waals surface area contributed by atoms with Gasteiger partial charge in [-0.15, -0.1) is 0 Å². The van der Waals surface area contributed by atoms with Crippen LogP contribution in [0.3, 0.4) is 0 Å². The van der Waals surface area contributed by atoms with Crippen LogP contribution in [0.5, 0.6) is 0 Å². The molecule has 0 fully saturated rings. The van der Waals surface area contributed by atoms with Crippen molar-refractivity contribution in [1.29, 1.82) is 0 Å². The molecule has 0 amide bonds. The fourth-order valence-corrected chi connectivity index (χ4v) is 3.58. The van der Waals surface area contributed by atoms with E-state index in [1.165, 1.54) is 35.5 Å². The zero-order chi connectivity index (χ0) is 17.1. The lowest BCUT2D eigenvalue weighted by atomic mass is 10.1. The van der Waals surface area contributed by atoms with Gasteiger partial charge in [-0.05, 0) is 49.4 Å². The van der Waals surface area contributed by atoms with Crippen LogP contribution < -0.4 is 5.32 Å². The predicted octanol–water partition coefficient (Wildman–Crippen LogP) is 4.17. The van der Waals surface area contributed by atoms with Crippen molar-refractivity contribution in [3.05, 3.63) is 71.2 Å². The third-order valence-electron chi connectivity index (χ3n) is 4.89. The second-order valence-electron chi connectivity index (χ2n) is 6.55. The van der Waals surface area contributed by atoms with Gasteiger partial charge in [-0.2, -0.15) is 5.10 Å². The molecule has 128 valence electrons. The van der Waals surface area contributed by atoms with Crippen molar-refractivity contribution in [2.45, 2.75) is 39.0 Å². The maximum Gasteiger partial charge on any atom is 0.133 e. The number of anilines is 1. The van der Waals surface area contributed by atoms with Gasteiger partial charge in [0.25, 0.3) is 0 Å². The Hall–Kier alpha value is -2.62. The molecule has 0 unspecified atom stereocenters. The van der Waals surface area contributed by atoms with Crippen molar-refractivity contribution in [1.82, 2.24) is 14.8 Å². The lowest BCUT2D eigenvalue weighted by Crippen LogP contribution is -2.08. The second-order valence-corrected chi connectivity index (χ2v) is 6.55. The van der Waals surface area contributed by atoms with Crippen molar-refractivity contribution < 1.29 is 0 Å². The van der Waals surface area contributed by atoms with Gasteiger partial charge in [0.1, 0.15) is 5.82 Å². The molecule has 0 aliphatic carbocycles. The molecule has 0 bridgehead atoms. The van der Waals surface area contributed by atoms with Crippen LogP contribution in [0.2, 0.25) is 0 Å². The number of para-hydroxylation sites is 1. The monoisotopic (exact) mass is 332 g/mol. The lowest BCUT2D eigenvalue weighted by Gasteiger charge is -2.12. The summed E-state index contributed by atoms with van der Waals surface area (Å²) in [6, 6.07) is 14.6. The van der Waals surface area contributed by atoms with Crippen LogP contribution in [0.15, 0.2) is 48.7 Å². The zero-order valence-corrected chi connectivity index (χ0v) is 14.7. The molecule has 1 aliphatic rings. The van der Waals surface area contributed by atoms with Gasteiger partial charge in [0, 0.05) is 30.4 Å². The average Bonchev–Trinajstić information content (AvgIpc) is 2.84. The number of benzene rings is 1. The van der Waals surface area contributed by atoms with Gasteiger partial charge < -0.3 is 5.32 Å². The number of rotatable bonds is 4. The van der Waals surface area contributed by atoms with Gasteiger partial charge in [0.2, 0.25) is 0 Å². The first-order valence-electron chi connectivity index (χ1n) is 9.19. The number of pyridine rings is 1. The number of nitrogens with one attached hydrogen (secondary N) is 1. The molecular formula is C21H24N4. The van der Waals surface area contributed by atoms with E-state index >= 15 is 0 Å². The summed E-state index contributed by atoms with van der Waals surface area (Å²) in [4.78, 5) is 4.49. The summed E-state index contributed by atoms with van der Waals surface area (Å²) in [6.45, 7) is 3.21. The van der Waals surface area contributed by atoms with Crippen LogP contribution in [0, 0.1) is 0 Å². The molecule has 0 radical (unpaired) electrons. The Balaban J connectivity index is 1.82. The second kappa shape index (κ2) is 7.09. The highest BCUT2D eigenvalue weighted by Gasteiger charge is 2.21. The Kier molecular flexibility index (Phi) is 4.51. The van der Waals surface area contributed by atoms with Crippen LogP contribution in [0.4, 0.5) is 5.82 Å². The Morgan fingerprint density at radius 1 is 1.08 bits per heavy atom. The normalized spacial score (nSPS) is 13.8. The number of hydrogen-bond acceptors (Lipinski definition) is 3. The van der Waals surface area contributed by atoms with Gasteiger partial charge in [-0.3, -0.25) is 4.98 Å². The first-order valence-corrected chi connectivity index (χ1v) is 9.19. The van der Waals surface area contributed by atoms with E-state index in [1.807, 2.05) is 18.3 Å². The largest absolute Gasteiger partial charge is 0.370 e. The molecule has 0 spiro atoms. The Morgan fingerprint density at radius 3 is 2.80 bits per heavy atom. The van der Waals surface area contributed by atoms with E-state index in [1.54, 1.807) is 0 Å². The standard InChI is InChI=1S/C21H24N4/c1-2-16-9-3-4-12-20(16)25-21-18(11-6-8-14-23-21)19(24-25)15-17-10-5-7-13-22-17/h3-5,7,9-10,12-13,23H,2,6,8,11,14-15H2,1H3. The summed E-state index contributed by atoms with van der Waals surface area (Å²) in [5.41, 5.74) is 6.08. The molecule has 4 nitrogen and oxygen atoms in total. The van der Waals surface area contributed by atoms with Crippen molar-refractivity contribution in [3.8, 4) is 5.69 Å². The topological polar surface area (TPSA) is 42.7 Å². The fraction of sp³-hybridized carbons (Fsp3) is 0.333. The molecule has 4 rings (SSSR count). The molecule has 2 aromatic heterocycles. The minimum atomic E-state index is 0.784. The average molecular weight is 332 g/mol. The molecule has 0 saturated heterocycles. The van der Waals surface area contributed by atoms with Gasteiger partial charge in [0.15, 0.2) is 0 Å². The molecule has 3 heterocycles. The number of nitrogens with zero attached hydrogens (tertiary/aromatic N) is 3. The highest BCUT2D eigenvalue weighted by molar-refractivity contribution is 5.56. The van der Waals surface area contributed by atoms with E-state index in [-0.39, 0.29) is 0 Å². The summed E-state index contributed by atoms with van der Waals surface area (Å²) in [5.74, 6) is 1.17. The molecule has 0 saturated carbocycles. The molecule has 1 aromatic carbocycles. The Bertz CT molecular complexity index is 852. The summed E-state index contributed by atoms with van der Waals surface area (Å²) in [5, 5.41) is 8.65. The van der Waals surface area contributed by atoms with Gasteiger partial charge in [-0.25, -0.2) is 4.68 Å². The van der Waals surface area contributed by atoms with Crippen LogP contribution in [0.1, 0.15) is 42.3 Å². The molecule has 0 atom stereocenters. The quantitative estimate of drug-likeness (QED) is 0.780. The van der Waals surface area contributed by atoms with E-state index in [0.717, 1.165) is 37.2 Å². The summed E-state index contributed by atoms with van der Waals surface area (Å²) < 4.78 is 2.12. The highest BCUT2D eigenvalue weighted by Crippen LogP contribution is 2.30. The third-order valence-corrected chi connectivity index (χ3v) is 4.89. The fourth-order valence-electron chi connectivity index (χ4n) is 3.58. The number of hydrogen-bond donors (Lipinski definition) is 1. The van der Waals surface area contributed by atoms with Crippen molar-refractivity contribution in [2.75, 3.05) is 11.9 Å². The van der Waals surface area contributed by atoms with Crippen molar-refractivity contribution >= 4 is 5.82 Å². The highest BCUT2D eigenvalue weighted by atomic mass is 15.3. The van der Waals surface area contributed by atoms with Crippen LogP contribution in [0.25, 0.3) is 5.69 Å². The lowest BCUT2D eigenvalue weighted by molar-refractivity contribution is 0.764. The van der Waals surface area contributed by atoms with Crippen LogP contribution in [-0.2, 0) is 19.3 Å².